The number of hydrogen-bond acceptors (Lipinski definition) is 7. The van der Waals surface area contributed by atoms with Gasteiger partial charge in [0.15, 0.2) is 11.5 Å². The Morgan fingerprint density at radius 3 is 2.83 bits per heavy atom. The van der Waals surface area contributed by atoms with E-state index in [9.17, 15) is 13.6 Å². The van der Waals surface area contributed by atoms with Crippen LogP contribution in [0.3, 0.4) is 0 Å². The number of ether oxygens (including phenoxy) is 1. The van der Waals surface area contributed by atoms with Crippen molar-refractivity contribution in [3.8, 4) is 11.5 Å². The minimum absolute atomic E-state index is 0.224. The fourth-order valence-electron chi connectivity index (χ4n) is 3.71. The first-order valence-corrected chi connectivity index (χ1v) is 9.23. The third-order valence-electron chi connectivity index (χ3n) is 5.03. The molecule has 4 heterocycles. The van der Waals surface area contributed by atoms with Crippen molar-refractivity contribution in [2.24, 2.45) is 11.8 Å². The second-order valence-corrected chi connectivity index (χ2v) is 7.19. The lowest BCUT2D eigenvalue weighted by Gasteiger charge is -2.36. The molecule has 4 rings (SSSR count). The smallest absolute Gasteiger partial charge is 0.310 e. The lowest BCUT2D eigenvalue weighted by molar-refractivity contribution is -0.146. The first kappa shape index (κ1) is 19.2. The standard InChI is InChI=1S/C19H20F2N6O2/c1-11-5-12(19(28)29-2)9-26(8-11)15-3-4-22-18(25-15)14-6-24-16-7-23-13(17(20)21)10-27(14)16/h3-4,6-7,10-12,17H,5,8-9H2,1-2H3. The number of nitrogens with zero attached hydrogens (tertiary/aromatic N) is 6. The number of piperidine rings is 1. The molecule has 0 bridgehead atoms. The average Bonchev–Trinajstić information content (AvgIpc) is 3.16. The molecule has 0 N–H and O–H groups in total. The maximum absolute atomic E-state index is 13.0. The van der Waals surface area contributed by atoms with Gasteiger partial charge in [-0.2, -0.15) is 0 Å². The number of methoxy groups -OCH3 is 1. The summed E-state index contributed by atoms with van der Waals surface area (Å²) in [6.07, 6.45) is 3.75. The summed E-state index contributed by atoms with van der Waals surface area (Å²) in [4.78, 5) is 30.9. The highest BCUT2D eigenvalue weighted by Crippen LogP contribution is 2.28. The van der Waals surface area contributed by atoms with Crippen LogP contribution in [0, 0.1) is 11.8 Å². The SMILES string of the molecule is COC(=O)C1CC(C)CN(c2ccnc(-c3cnc4cnc(C(F)F)cn34)n2)C1. The quantitative estimate of drug-likeness (QED) is 0.620. The van der Waals surface area contributed by atoms with Crippen molar-refractivity contribution in [2.75, 3.05) is 25.1 Å². The Kier molecular flexibility index (Phi) is 5.08. The zero-order valence-electron chi connectivity index (χ0n) is 16.0. The largest absolute Gasteiger partial charge is 0.469 e. The maximum atomic E-state index is 13.0. The average molecular weight is 402 g/mol. The molecule has 0 aromatic carbocycles. The molecule has 0 radical (unpaired) electrons. The van der Waals surface area contributed by atoms with Crippen LogP contribution in [0.4, 0.5) is 14.6 Å². The number of imidazole rings is 1. The van der Waals surface area contributed by atoms with Gasteiger partial charge in [0.1, 0.15) is 17.2 Å². The molecule has 1 fully saturated rings. The molecule has 0 spiro atoms. The van der Waals surface area contributed by atoms with Gasteiger partial charge in [-0.15, -0.1) is 0 Å². The van der Waals surface area contributed by atoms with Crippen LogP contribution >= 0.6 is 0 Å². The van der Waals surface area contributed by atoms with Crippen molar-refractivity contribution in [3.05, 3.63) is 36.5 Å². The number of carbonyl (C=O) groups excluding carboxylic acids is 1. The normalized spacial score (nSPS) is 19.7. The van der Waals surface area contributed by atoms with Crippen molar-refractivity contribution in [1.82, 2.24) is 24.3 Å². The van der Waals surface area contributed by atoms with E-state index in [4.69, 9.17) is 4.74 Å². The molecule has 2 unspecified atom stereocenters. The molecule has 3 aromatic rings. The molecule has 0 aliphatic carbocycles. The highest BCUT2D eigenvalue weighted by atomic mass is 19.3. The van der Waals surface area contributed by atoms with Gasteiger partial charge in [0.05, 0.1) is 25.4 Å². The summed E-state index contributed by atoms with van der Waals surface area (Å²) in [5.74, 6) is 0.854. The number of rotatable bonds is 4. The molecule has 0 saturated carbocycles. The van der Waals surface area contributed by atoms with E-state index in [2.05, 4.69) is 26.9 Å². The minimum atomic E-state index is -2.69. The lowest BCUT2D eigenvalue weighted by atomic mass is 9.90. The number of alkyl halides is 2. The number of fused-ring (bicyclic) bond motifs is 1. The summed E-state index contributed by atoms with van der Waals surface area (Å²) in [6.45, 7) is 3.32. The summed E-state index contributed by atoms with van der Waals surface area (Å²) in [5, 5.41) is 0. The van der Waals surface area contributed by atoms with E-state index in [1.54, 1.807) is 12.3 Å². The second-order valence-electron chi connectivity index (χ2n) is 7.19. The van der Waals surface area contributed by atoms with E-state index >= 15 is 0 Å². The molecule has 3 aromatic heterocycles. The molecule has 8 nitrogen and oxygen atoms in total. The number of halogens is 2. The van der Waals surface area contributed by atoms with Crippen LogP contribution in [-0.2, 0) is 9.53 Å². The Morgan fingerprint density at radius 2 is 2.07 bits per heavy atom. The minimum Gasteiger partial charge on any atom is -0.469 e. The summed E-state index contributed by atoms with van der Waals surface area (Å²) in [6, 6.07) is 1.77. The van der Waals surface area contributed by atoms with E-state index in [-0.39, 0.29) is 17.6 Å². The molecule has 2 atom stereocenters. The monoisotopic (exact) mass is 402 g/mol. The second kappa shape index (κ2) is 7.69. The first-order chi connectivity index (χ1) is 14.0. The predicted molar refractivity (Wildman–Crippen MR) is 100 cm³/mol. The molecule has 152 valence electrons. The number of anilines is 1. The Morgan fingerprint density at radius 1 is 1.24 bits per heavy atom. The van der Waals surface area contributed by atoms with Gasteiger partial charge in [0, 0.05) is 25.5 Å². The van der Waals surface area contributed by atoms with Crippen LogP contribution in [-0.4, -0.2) is 50.5 Å². The van der Waals surface area contributed by atoms with Gasteiger partial charge in [0.2, 0.25) is 0 Å². The van der Waals surface area contributed by atoms with Crippen LogP contribution in [0.15, 0.2) is 30.9 Å². The summed E-state index contributed by atoms with van der Waals surface area (Å²) in [7, 11) is 1.39. The summed E-state index contributed by atoms with van der Waals surface area (Å²) >= 11 is 0. The van der Waals surface area contributed by atoms with E-state index in [0.29, 0.717) is 35.4 Å². The van der Waals surface area contributed by atoms with Crippen molar-refractivity contribution in [3.63, 3.8) is 0 Å². The van der Waals surface area contributed by atoms with Crippen LogP contribution in [0.1, 0.15) is 25.5 Å². The Bertz CT molecular complexity index is 1040. The van der Waals surface area contributed by atoms with E-state index in [0.717, 1.165) is 13.0 Å². The first-order valence-electron chi connectivity index (χ1n) is 9.23. The van der Waals surface area contributed by atoms with Gasteiger partial charge in [0.25, 0.3) is 6.43 Å². The summed E-state index contributed by atoms with van der Waals surface area (Å²) < 4.78 is 32.5. The van der Waals surface area contributed by atoms with Gasteiger partial charge in [-0.05, 0) is 18.4 Å². The van der Waals surface area contributed by atoms with Gasteiger partial charge in [-0.3, -0.25) is 9.20 Å². The van der Waals surface area contributed by atoms with E-state index < -0.39 is 6.43 Å². The zero-order valence-corrected chi connectivity index (χ0v) is 16.0. The fourth-order valence-corrected chi connectivity index (χ4v) is 3.71. The number of carbonyl (C=O) groups is 1. The topological polar surface area (TPSA) is 85.5 Å². The Balaban J connectivity index is 1.68. The van der Waals surface area contributed by atoms with Crippen LogP contribution in [0.25, 0.3) is 17.2 Å². The van der Waals surface area contributed by atoms with E-state index in [1.165, 1.54) is 30.1 Å². The molecule has 1 aliphatic rings. The van der Waals surface area contributed by atoms with E-state index in [1.807, 2.05) is 4.90 Å². The van der Waals surface area contributed by atoms with Crippen molar-refractivity contribution in [2.45, 2.75) is 19.8 Å². The number of hydrogen-bond donors (Lipinski definition) is 0. The van der Waals surface area contributed by atoms with Crippen molar-refractivity contribution < 1.29 is 18.3 Å². The van der Waals surface area contributed by atoms with Gasteiger partial charge in [-0.1, -0.05) is 6.92 Å². The number of esters is 1. The lowest BCUT2D eigenvalue weighted by Crippen LogP contribution is -2.43. The predicted octanol–water partition coefficient (Wildman–Crippen LogP) is 2.76. The van der Waals surface area contributed by atoms with Crippen molar-refractivity contribution >= 4 is 17.4 Å². The van der Waals surface area contributed by atoms with Crippen molar-refractivity contribution in [1.29, 1.82) is 0 Å². The molecule has 10 heteroatoms. The van der Waals surface area contributed by atoms with Crippen LogP contribution < -0.4 is 4.90 Å². The third-order valence-corrected chi connectivity index (χ3v) is 5.03. The zero-order chi connectivity index (χ0) is 20.5. The molecule has 1 aliphatic heterocycles. The Labute approximate surface area is 165 Å². The van der Waals surface area contributed by atoms with Crippen LogP contribution in [0.5, 0.6) is 0 Å². The molecule has 1 saturated heterocycles. The summed E-state index contributed by atoms with van der Waals surface area (Å²) in [5.41, 5.74) is 0.565. The van der Waals surface area contributed by atoms with Gasteiger partial charge >= 0.3 is 5.97 Å². The molecular formula is C19H20F2N6O2. The Hall–Kier alpha value is -3.17. The third kappa shape index (κ3) is 3.74. The molecular weight excluding hydrogens is 382 g/mol. The molecule has 0 amide bonds. The highest BCUT2D eigenvalue weighted by molar-refractivity contribution is 5.73. The van der Waals surface area contributed by atoms with Gasteiger partial charge < -0.3 is 9.64 Å². The maximum Gasteiger partial charge on any atom is 0.310 e. The van der Waals surface area contributed by atoms with Gasteiger partial charge in [-0.25, -0.2) is 28.7 Å². The highest BCUT2D eigenvalue weighted by Gasteiger charge is 2.31. The fraction of sp³-hybridized carbons (Fsp3) is 0.421. The van der Waals surface area contributed by atoms with Crippen LogP contribution in [0.2, 0.25) is 0 Å². The molecule has 29 heavy (non-hydrogen) atoms. The number of aromatic nitrogens is 5.